The molecule has 12 heavy (non-hydrogen) atoms. The molecule has 0 N–H and O–H groups in total. The van der Waals surface area contributed by atoms with Crippen molar-refractivity contribution in [2.24, 2.45) is 4.99 Å². The number of allylic oxidation sites excluding steroid dienone is 1. The van der Waals surface area contributed by atoms with Crippen molar-refractivity contribution in [3.8, 4) is 0 Å². The van der Waals surface area contributed by atoms with Gasteiger partial charge in [-0.15, -0.1) is 0 Å². The Morgan fingerprint density at radius 2 is 1.75 bits per heavy atom. The first-order valence-electron chi connectivity index (χ1n) is 5.02. The van der Waals surface area contributed by atoms with Crippen LogP contribution in [0.5, 0.6) is 0 Å². The van der Waals surface area contributed by atoms with Gasteiger partial charge in [-0.3, -0.25) is 4.99 Å². The molecule has 70 valence electrons. The molecule has 0 heterocycles. The van der Waals surface area contributed by atoms with Crippen molar-refractivity contribution < 1.29 is 0 Å². The monoisotopic (exact) mass is 167 g/mol. The lowest BCUT2D eigenvalue weighted by atomic mass is 10.1. The maximum atomic E-state index is 4.16. The van der Waals surface area contributed by atoms with Gasteiger partial charge in [-0.2, -0.15) is 0 Å². The second kappa shape index (κ2) is 10.4. The molecular weight excluding hydrogens is 146 g/mol. The first-order chi connectivity index (χ1) is 5.91. The summed E-state index contributed by atoms with van der Waals surface area (Å²) in [5.74, 6) is 0. The van der Waals surface area contributed by atoms with E-state index in [1.165, 1.54) is 38.5 Å². The fourth-order valence-corrected chi connectivity index (χ4v) is 1.13. The van der Waals surface area contributed by atoms with Crippen LogP contribution in [0.2, 0.25) is 0 Å². The molecule has 1 heteroatoms. The highest BCUT2D eigenvalue weighted by molar-refractivity contribution is 5.69. The maximum absolute atomic E-state index is 4.16. The molecule has 0 saturated carbocycles. The smallest absolute Gasteiger partial charge is 0.0389 e. The molecule has 0 aliphatic rings. The second-order valence-electron chi connectivity index (χ2n) is 3.06. The van der Waals surface area contributed by atoms with E-state index in [1.807, 2.05) is 0 Å². The van der Waals surface area contributed by atoms with Crippen molar-refractivity contribution in [3.63, 3.8) is 0 Å². The zero-order valence-corrected chi connectivity index (χ0v) is 8.26. The molecule has 0 amide bonds. The summed E-state index contributed by atoms with van der Waals surface area (Å²) in [4.78, 5) is 4.16. The van der Waals surface area contributed by atoms with Crippen LogP contribution in [-0.4, -0.2) is 12.8 Å². The highest BCUT2D eigenvalue weighted by Crippen LogP contribution is 2.04. The first-order valence-corrected chi connectivity index (χ1v) is 5.02. The Hall–Kier alpha value is -0.590. The van der Waals surface area contributed by atoms with Crippen molar-refractivity contribution in [2.75, 3.05) is 6.54 Å². The van der Waals surface area contributed by atoms with E-state index in [0.29, 0.717) is 0 Å². The van der Waals surface area contributed by atoms with Gasteiger partial charge in [-0.05, 0) is 6.42 Å². The third-order valence-corrected chi connectivity index (χ3v) is 1.85. The number of nitrogens with zero attached hydrogens (tertiary/aromatic N) is 1. The van der Waals surface area contributed by atoms with Crippen LogP contribution in [-0.2, 0) is 0 Å². The zero-order valence-electron chi connectivity index (χ0n) is 8.26. The Morgan fingerprint density at radius 3 is 2.42 bits per heavy atom. The highest BCUT2D eigenvalue weighted by atomic mass is 14.7. The summed E-state index contributed by atoms with van der Waals surface area (Å²) in [5, 5.41) is 0. The molecule has 0 rings (SSSR count). The summed E-state index contributed by atoms with van der Waals surface area (Å²) >= 11 is 0. The summed E-state index contributed by atoms with van der Waals surface area (Å²) < 4.78 is 0. The molecule has 0 radical (unpaired) electrons. The summed E-state index contributed by atoms with van der Waals surface area (Å²) in [6.45, 7) is 6.78. The van der Waals surface area contributed by atoms with E-state index in [-0.39, 0.29) is 0 Å². The predicted octanol–water partition coefficient (Wildman–Crippen LogP) is 3.60. The molecule has 0 aromatic heterocycles. The molecule has 0 aliphatic carbocycles. The van der Waals surface area contributed by atoms with Crippen molar-refractivity contribution >= 4 is 6.21 Å². The molecular formula is C11H21N. The van der Waals surface area contributed by atoms with Crippen LogP contribution in [0, 0.1) is 0 Å². The van der Waals surface area contributed by atoms with Crippen LogP contribution in [0.25, 0.3) is 0 Å². The van der Waals surface area contributed by atoms with Gasteiger partial charge in [-0.25, -0.2) is 0 Å². The number of hydrogen-bond acceptors (Lipinski definition) is 1. The number of unbranched alkanes of at least 4 members (excludes halogenated alkanes) is 5. The van der Waals surface area contributed by atoms with Gasteiger partial charge in [0.15, 0.2) is 0 Å². The van der Waals surface area contributed by atoms with E-state index < -0.39 is 0 Å². The van der Waals surface area contributed by atoms with Gasteiger partial charge in [0, 0.05) is 12.8 Å². The zero-order chi connectivity index (χ0) is 9.07. The van der Waals surface area contributed by atoms with Crippen LogP contribution in [0.15, 0.2) is 17.6 Å². The summed E-state index contributed by atoms with van der Waals surface area (Å²) in [7, 11) is 0. The molecule has 0 aromatic rings. The molecule has 1 nitrogen and oxygen atoms in total. The molecule has 0 saturated heterocycles. The lowest BCUT2D eigenvalue weighted by Crippen LogP contribution is -1.83. The normalized spacial score (nSPS) is 10.8. The minimum atomic E-state index is 0.970. The summed E-state index contributed by atoms with van der Waals surface area (Å²) in [5.41, 5.74) is 0. The number of rotatable bonds is 8. The van der Waals surface area contributed by atoms with Crippen molar-refractivity contribution in [1.29, 1.82) is 0 Å². The van der Waals surface area contributed by atoms with E-state index >= 15 is 0 Å². The third kappa shape index (κ3) is 9.41. The standard InChI is InChI=1S/C11H21N/c1-3-5-6-7-8-9-11-12-10-4-2/h4,10H,2-3,5-9,11H2,1H3. The Labute approximate surface area is 76.6 Å². The Kier molecular flexibility index (Phi) is 9.90. The van der Waals surface area contributed by atoms with Gasteiger partial charge in [-0.1, -0.05) is 51.7 Å². The van der Waals surface area contributed by atoms with E-state index in [4.69, 9.17) is 0 Å². The second-order valence-corrected chi connectivity index (χ2v) is 3.06. The maximum Gasteiger partial charge on any atom is 0.0389 e. The molecule has 0 aromatic carbocycles. The molecule has 0 aliphatic heterocycles. The minimum Gasteiger partial charge on any atom is -0.293 e. The lowest BCUT2D eigenvalue weighted by Gasteiger charge is -1.96. The SMILES string of the molecule is C=CC=NCCCCCCCC. The molecule has 0 bridgehead atoms. The van der Waals surface area contributed by atoms with Gasteiger partial charge >= 0.3 is 0 Å². The van der Waals surface area contributed by atoms with Gasteiger partial charge < -0.3 is 0 Å². The Balaban J connectivity index is 2.90. The van der Waals surface area contributed by atoms with Crippen molar-refractivity contribution in [1.82, 2.24) is 0 Å². The van der Waals surface area contributed by atoms with Gasteiger partial charge in [0.25, 0.3) is 0 Å². The van der Waals surface area contributed by atoms with Gasteiger partial charge in [0.2, 0.25) is 0 Å². The Morgan fingerprint density at radius 1 is 1.08 bits per heavy atom. The molecule has 0 atom stereocenters. The molecule has 0 unspecified atom stereocenters. The highest BCUT2D eigenvalue weighted by Gasteiger charge is 1.87. The molecule has 0 spiro atoms. The predicted molar refractivity (Wildman–Crippen MR) is 56.9 cm³/mol. The van der Waals surface area contributed by atoms with Crippen LogP contribution in [0.1, 0.15) is 45.4 Å². The summed E-state index contributed by atoms with van der Waals surface area (Å²) in [6.07, 6.45) is 11.6. The van der Waals surface area contributed by atoms with E-state index in [0.717, 1.165) is 6.54 Å². The fourth-order valence-electron chi connectivity index (χ4n) is 1.13. The lowest BCUT2D eigenvalue weighted by molar-refractivity contribution is 0.613. The van der Waals surface area contributed by atoms with Crippen LogP contribution < -0.4 is 0 Å². The van der Waals surface area contributed by atoms with Crippen molar-refractivity contribution in [2.45, 2.75) is 45.4 Å². The fraction of sp³-hybridized carbons (Fsp3) is 0.727. The van der Waals surface area contributed by atoms with Crippen LogP contribution in [0.4, 0.5) is 0 Å². The number of hydrogen-bond donors (Lipinski definition) is 0. The first kappa shape index (κ1) is 11.4. The van der Waals surface area contributed by atoms with Crippen molar-refractivity contribution in [3.05, 3.63) is 12.7 Å². The van der Waals surface area contributed by atoms with E-state index in [2.05, 4.69) is 18.5 Å². The third-order valence-electron chi connectivity index (χ3n) is 1.85. The average molecular weight is 167 g/mol. The largest absolute Gasteiger partial charge is 0.293 e. The van der Waals surface area contributed by atoms with E-state index in [1.54, 1.807) is 12.3 Å². The topological polar surface area (TPSA) is 12.4 Å². The average Bonchev–Trinajstić information content (AvgIpc) is 2.10. The minimum absolute atomic E-state index is 0.970. The van der Waals surface area contributed by atoms with Gasteiger partial charge in [0.05, 0.1) is 0 Å². The van der Waals surface area contributed by atoms with E-state index in [9.17, 15) is 0 Å². The van der Waals surface area contributed by atoms with Crippen LogP contribution in [0.3, 0.4) is 0 Å². The summed E-state index contributed by atoms with van der Waals surface area (Å²) in [6, 6.07) is 0. The molecule has 0 fully saturated rings. The Bertz CT molecular complexity index is 116. The quantitative estimate of drug-likeness (QED) is 0.387. The van der Waals surface area contributed by atoms with Gasteiger partial charge in [0.1, 0.15) is 0 Å². The van der Waals surface area contributed by atoms with Crippen LogP contribution >= 0.6 is 0 Å². The number of aliphatic imine (C=N–C) groups is 1.